The summed E-state index contributed by atoms with van der Waals surface area (Å²) in [6.07, 6.45) is 5.81. The minimum absolute atomic E-state index is 0.163. The van der Waals surface area contributed by atoms with Gasteiger partial charge in [-0.1, -0.05) is 18.9 Å². The van der Waals surface area contributed by atoms with Crippen molar-refractivity contribution in [3.05, 3.63) is 28.7 Å². The monoisotopic (exact) mass is 388 g/mol. The molecule has 2 saturated heterocycles. The van der Waals surface area contributed by atoms with Gasteiger partial charge in [-0.2, -0.15) is 0 Å². The van der Waals surface area contributed by atoms with Crippen LogP contribution in [0.3, 0.4) is 0 Å². The van der Waals surface area contributed by atoms with Crippen LogP contribution in [-0.4, -0.2) is 53.3 Å². The number of likely N-dealkylation sites (tertiary alicyclic amines) is 1. The molecule has 7 nitrogen and oxygen atoms in total. The van der Waals surface area contributed by atoms with E-state index in [1.54, 1.807) is 29.2 Å². The molecule has 3 aliphatic rings. The molecule has 3 heterocycles. The maximum absolute atomic E-state index is 12.6. The molecule has 3 amide bonds. The van der Waals surface area contributed by atoms with E-state index in [1.165, 1.54) is 0 Å². The van der Waals surface area contributed by atoms with Crippen molar-refractivity contribution in [2.75, 3.05) is 26.4 Å². The van der Waals surface area contributed by atoms with Crippen molar-refractivity contribution in [1.82, 2.24) is 9.80 Å². The molecule has 0 bridgehead atoms. The Kier molecular flexibility index (Phi) is 5.07. The van der Waals surface area contributed by atoms with Crippen LogP contribution in [0.15, 0.2) is 23.1 Å². The van der Waals surface area contributed by atoms with Crippen molar-refractivity contribution in [2.24, 2.45) is 0 Å². The number of hydrogen-bond acceptors (Lipinski definition) is 6. The Bertz CT molecular complexity index is 814. The topological polar surface area (TPSA) is 76.1 Å². The van der Waals surface area contributed by atoms with Crippen LogP contribution in [0.1, 0.15) is 31.2 Å². The van der Waals surface area contributed by atoms with Crippen LogP contribution in [0.2, 0.25) is 0 Å². The van der Waals surface area contributed by atoms with Crippen molar-refractivity contribution < 1.29 is 23.9 Å². The van der Waals surface area contributed by atoms with Gasteiger partial charge in [-0.05, 0) is 48.4 Å². The lowest BCUT2D eigenvalue weighted by Crippen LogP contribution is -2.42. The molecule has 0 atom stereocenters. The SMILES string of the molecule is O=C(CN1C(=O)S/C(=C/c2ccc3c(c2)OCO3)C1=O)N1CCCCCC1. The van der Waals surface area contributed by atoms with Gasteiger partial charge in [0.05, 0.1) is 4.91 Å². The maximum Gasteiger partial charge on any atom is 0.294 e. The van der Waals surface area contributed by atoms with Crippen molar-refractivity contribution in [3.63, 3.8) is 0 Å². The Hall–Kier alpha value is -2.48. The van der Waals surface area contributed by atoms with Crippen LogP contribution in [0.4, 0.5) is 4.79 Å². The lowest BCUT2D eigenvalue weighted by atomic mass is 10.2. The highest BCUT2D eigenvalue weighted by atomic mass is 32.2. The van der Waals surface area contributed by atoms with Gasteiger partial charge in [0.1, 0.15) is 6.54 Å². The lowest BCUT2D eigenvalue weighted by Gasteiger charge is -2.22. The van der Waals surface area contributed by atoms with Crippen molar-refractivity contribution in [1.29, 1.82) is 0 Å². The molecule has 2 fully saturated rings. The number of rotatable bonds is 3. The first-order valence-corrected chi connectivity index (χ1v) is 9.86. The van der Waals surface area contributed by atoms with Crippen molar-refractivity contribution in [2.45, 2.75) is 25.7 Å². The first-order chi connectivity index (χ1) is 13.1. The molecule has 0 radical (unpaired) electrons. The number of fused-ring (bicyclic) bond motifs is 1. The number of thioether (sulfide) groups is 1. The fraction of sp³-hybridized carbons (Fsp3) is 0.421. The minimum atomic E-state index is -0.425. The molecule has 0 aliphatic carbocycles. The molecule has 0 saturated carbocycles. The first-order valence-electron chi connectivity index (χ1n) is 9.04. The Morgan fingerprint density at radius 3 is 2.59 bits per heavy atom. The molecule has 4 rings (SSSR count). The number of imide groups is 1. The fourth-order valence-corrected chi connectivity index (χ4v) is 4.18. The van der Waals surface area contributed by atoms with Gasteiger partial charge in [0.2, 0.25) is 12.7 Å². The van der Waals surface area contributed by atoms with Crippen LogP contribution in [-0.2, 0) is 9.59 Å². The number of nitrogens with zero attached hydrogens (tertiary/aromatic N) is 2. The normalized spacial score (nSPS) is 21.1. The van der Waals surface area contributed by atoms with Crippen LogP contribution in [0, 0.1) is 0 Å². The second-order valence-corrected chi connectivity index (χ2v) is 7.67. The Morgan fingerprint density at radius 2 is 1.81 bits per heavy atom. The lowest BCUT2D eigenvalue weighted by molar-refractivity contribution is -0.135. The summed E-state index contributed by atoms with van der Waals surface area (Å²) in [5, 5.41) is -0.407. The van der Waals surface area contributed by atoms with E-state index in [2.05, 4.69) is 0 Å². The summed E-state index contributed by atoms with van der Waals surface area (Å²) in [5.74, 6) is 0.678. The summed E-state index contributed by atoms with van der Waals surface area (Å²) in [4.78, 5) is 40.5. The van der Waals surface area contributed by atoms with Gasteiger partial charge in [-0.15, -0.1) is 0 Å². The van der Waals surface area contributed by atoms with Gasteiger partial charge in [-0.3, -0.25) is 19.3 Å². The largest absolute Gasteiger partial charge is 0.454 e. The molecule has 0 aromatic heterocycles. The summed E-state index contributed by atoms with van der Waals surface area (Å²) >= 11 is 0.858. The average molecular weight is 388 g/mol. The summed E-state index contributed by atoms with van der Waals surface area (Å²) in [7, 11) is 0. The molecule has 142 valence electrons. The molecule has 3 aliphatic heterocycles. The van der Waals surface area contributed by atoms with Crippen LogP contribution >= 0.6 is 11.8 Å². The zero-order valence-electron chi connectivity index (χ0n) is 14.8. The van der Waals surface area contributed by atoms with E-state index < -0.39 is 11.1 Å². The predicted molar refractivity (Wildman–Crippen MR) is 100 cm³/mol. The third-order valence-electron chi connectivity index (χ3n) is 4.82. The molecule has 0 N–H and O–H groups in total. The van der Waals surface area contributed by atoms with E-state index in [9.17, 15) is 14.4 Å². The zero-order valence-corrected chi connectivity index (χ0v) is 15.6. The highest BCUT2D eigenvalue weighted by molar-refractivity contribution is 8.18. The van der Waals surface area contributed by atoms with E-state index in [-0.39, 0.29) is 19.2 Å². The number of ether oxygens (including phenoxy) is 2. The van der Waals surface area contributed by atoms with Gasteiger partial charge < -0.3 is 14.4 Å². The molecule has 27 heavy (non-hydrogen) atoms. The van der Waals surface area contributed by atoms with Crippen LogP contribution in [0.25, 0.3) is 6.08 Å². The minimum Gasteiger partial charge on any atom is -0.454 e. The third kappa shape index (κ3) is 3.80. The van der Waals surface area contributed by atoms with Gasteiger partial charge in [0, 0.05) is 13.1 Å². The third-order valence-corrected chi connectivity index (χ3v) is 5.73. The molecule has 0 spiro atoms. The highest BCUT2D eigenvalue weighted by Gasteiger charge is 2.37. The fourth-order valence-electron chi connectivity index (χ4n) is 3.35. The Morgan fingerprint density at radius 1 is 1.07 bits per heavy atom. The smallest absolute Gasteiger partial charge is 0.294 e. The standard InChI is InChI=1S/C19H20N2O5S/c22-17(20-7-3-1-2-4-8-20)11-21-18(23)16(27-19(21)24)10-13-5-6-14-15(9-13)26-12-25-14/h5-6,9-10H,1-4,7-8,11-12H2/b16-10+. The molecule has 1 aromatic rings. The van der Waals surface area contributed by atoms with E-state index in [0.29, 0.717) is 29.5 Å². The summed E-state index contributed by atoms with van der Waals surface area (Å²) in [6.45, 7) is 1.38. The molecule has 1 aromatic carbocycles. The summed E-state index contributed by atoms with van der Waals surface area (Å²) in [5.41, 5.74) is 0.739. The number of benzene rings is 1. The quantitative estimate of drug-likeness (QED) is 0.741. The van der Waals surface area contributed by atoms with Gasteiger partial charge in [-0.25, -0.2) is 0 Å². The molecule has 8 heteroatoms. The van der Waals surface area contributed by atoms with E-state index in [0.717, 1.165) is 47.9 Å². The summed E-state index contributed by atoms with van der Waals surface area (Å²) in [6, 6.07) is 5.32. The zero-order chi connectivity index (χ0) is 18.8. The number of hydrogen-bond donors (Lipinski definition) is 0. The number of carbonyl (C=O) groups is 3. The van der Waals surface area contributed by atoms with Crippen LogP contribution < -0.4 is 9.47 Å². The highest BCUT2D eigenvalue weighted by Crippen LogP contribution is 2.36. The van der Waals surface area contributed by atoms with Gasteiger partial charge in [0.25, 0.3) is 11.1 Å². The van der Waals surface area contributed by atoms with E-state index >= 15 is 0 Å². The second kappa shape index (κ2) is 7.64. The summed E-state index contributed by atoms with van der Waals surface area (Å²) < 4.78 is 10.6. The van der Waals surface area contributed by atoms with Crippen LogP contribution in [0.5, 0.6) is 11.5 Å². The molecule has 0 unspecified atom stereocenters. The number of carbonyl (C=O) groups excluding carboxylic acids is 3. The Balaban J connectivity index is 1.46. The van der Waals surface area contributed by atoms with E-state index in [4.69, 9.17) is 9.47 Å². The number of amides is 3. The average Bonchev–Trinajstić information content (AvgIpc) is 3.09. The first kappa shape index (κ1) is 17.9. The second-order valence-electron chi connectivity index (χ2n) is 6.68. The maximum atomic E-state index is 12.6. The Labute approximate surface area is 161 Å². The molecular weight excluding hydrogens is 368 g/mol. The van der Waals surface area contributed by atoms with E-state index in [1.807, 2.05) is 0 Å². The van der Waals surface area contributed by atoms with Gasteiger partial charge >= 0.3 is 0 Å². The van der Waals surface area contributed by atoms with Crippen molar-refractivity contribution in [3.8, 4) is 11.5 Å². The van der Waals surface area contributed by atoms with Crippen molar-refractivity contribution >= 4 is 34.9 Å². The predicted octanol–water partition coefficient (Wildman–Crippen LogP) is 2.85. The van der Waals surface area contributed by atoms with Gasteiger partial charge in [0.15, 0.2) is 11.5 Å². The molecular formula is C19H20N2O5S.